The molecule has 0 saturated heterocycles. The number of para-hydroxylation sites is 4. The van der Waals surface area contributed by atoms with Crippen LogP contribution in [0, 0.1) is 0 Å². The predicted octanol–water partition coefficient (Wildman–Crippen LogP) is 15.2. The van der Waals surface area contributed by atoms with Gasteiger partial charge in [-0.2, -0.15) is 0 Å². The Morgan fingerprint density at radius 2 is 0.729 bits per heavy atom. The maximum absolute atomic E-state index is 2.50. The highest BCUT2D eigenvalue weighted by molar-refractivity contribution is 6.23. The molecule has 3 nitrogen and oxygen atoms in total. The van der Waals surface area contributed by atoms with Crippen molar-refractivity contribution in [3.05, 3.63) is 187 Å². The van der Waals surface area contributed by atoms with Crippen molar-refractivity contribution in [1.82, 2.24) is 13.7 Å². The predicted molar refractivity (Wildman–Crippen MR) is 252 cm³/mol. The number of hydrogen-bond acceptors (Lipinski definition) is 0. The SMILES string of the molecule is CC(C)(C)c1cccc2c1c1ccc(-c3ccc4c5c(C(C)(C)C)c6c7ccccc7n(-c7ccccc7)c6cc5n(-c5ccccc5)c4c3)cc1n2-c1ccccc1. The number of aromatic nitrogens is 3. The van der Waals surface area contributed by atoms with Crippen LogP contribution in [0.3, 0.4) is 0 Å². The molecule has 0 atom stereocenters. The number of rotatable bonds is 4. The highest BCUT2D eigenvalue weighted by Crippen LogP contribution is 2.48. The largest absolute Gasteiger partial charge is 0.309 e. The fraction of sp³-hybridized carbons (Fsp3) is 0.143. The molecule has 0 bridgehead atoms. The molecular weight excluding hydrogens is 715 g/mol. The van der Waals surface area contributed by atoms with Crippen LogP contribution >= 0.6 is 0 Å². The monoisotopic (exact) mass is 761 g/mol. The number of benzene rings is 8. The van der Waals surface area contributed by atoms with Gasteiger partial charge in [0, 0.05) is 49.4 Å². The normalized spacial score (nSPS) is 12.6. The zero-order valence-corrected chi connectivity index (χ0v) is 34.6. The summed E-state index contributed by atoms with van der Waals surface area (Å²) in [5.74, 6) is 0. The molecule has 286 valence electrons. The quantitative estimate of drug-likeness (QED) is 0.170. The first-order valence-corrected chi connectivity index (χ1v) is 20.9. The average Bonchev–Trinajstić information content (AvgIpc) is 3.87. The minimum atomic E-state index is -0.153. The Morgan fingerprint density at radius 1 is 0.305 bits per heavy atom. The molecule has 8 aromatic carbocycles. The van der Waals surface area contributed by atoms with Crippen molar-refractivity contribution < 1.29 is 0 Å². The summed E-state index contributed by atoms with van der Waals surface area (Å²) in [5, 5.41) is 7.82. The van der Waals surface area contributed by atoms with Crippen LogP contribution in [0.1, 0.15) is 52.7 Å². The Balaban J connectivity index is 1.24. The van der Waals surface area contributed by atoms with Crippen LogP contribution in [-0.4, -0.2) is 13.7 Å². The Labute approximate surface area is 345 Å². The second kappa shape index (κ2) is 12.8. The van der Waals surface area contributed by atoms with Gasteiger partial charge >= 0.3 is 0 Å². The van der Waals surface area contributed by atoms with E-state index in [0.717, 1.165) is 5.69 Å². The molecule has 0 radical (unpaired) electrons. The second-order valence-electron chi connectivity index (χ2n) is 18.2. The smallest absolute Gasteiger partial charge is 0.0565 e. The lowest BCUT2D eigenvalue weighted by Crippen LogP contribution is -2.12. The summed E-state index contributed by atoms with van der Waals surface area (Å²) >= 11 is 0. The number of hydrogen-bond donors (Lipinski definition) is 0. The van der Waals surface area contributed by atoms with Crippen LogP contribution in [0.5, 0.6) is 0 Å². The van der Waals surface area contributed by atoms with E-state index in [0.29, 0.717) is 0 Å². The van der Waals surface area contributed by atoms with E-state index in [1.54, 1.807) is 0 Å². The van der Waals surface area contributed by atoms with Crippen molar-refractivity contribution in [2.75, 3.05) is 0 Å². The summed E-state index contributed by atoms with van der Waals surface area (Å²) in [7, 11) is 0. The first kappa shape index (κ1) is 35.3. The van der Waals surface area contributed by atoms with Crippen LogP contribution in [0.25, 0.3) is 93.6 Å². The molecule has 3 heteroatoms. The maximum Gasteiger partial charge on any atom is 0.0565 e. The summed E-state index contributed by atoms with van der Waals surface area (Å²) in [6.45, 7) is 14.1. The first-order valence-electron chi connectivity index (χ1n) is 20.9. The van der Waals surface area contributed by atoms with Crippen molar-refractivity contribution in [3.63, 3.8) is 0 Å². The summed E-state index contributed by atoms with van der Waals surface area (Å²) in [6.07, 6.45) is 0. The van der Waals surface area contributed by atoms with E-state index in [-0.39, 0.29) is 10.8 Å². The summed E-state index contributed by atoms with van der Waals surface area (Å²) in [4.78, 5) is 0. The Kier molecular flexibility index (Phi) is 7.68. The van der Waals surface area contributed by atoms with Gasteiger partial charge < -0.3 is 13.7 Å². The van der Waals surface area contributed by atoms with E-state index >= 15 is 0 Å². The molecule has 0 N–H and O–H groups in total. The van der Waals surface area contributed by atoms with Crippen molar-refractivity contribution >= 4 is 65.4 Å². The molecule has 0 amide bonds. The van der Waals surface area contributed by atoms with Crippen molar-refractivity contribution in [2.24, 2.45) is 0 Å². The molecule has 0 unspecified atom stereocenters. The lowest BCUT2D eigenvalue weighted by molar-refractivity contribution is 0.596. The Bertz CT molecular complexity index is 3420. The van der Waals surface area contributed by atoms with E-state index in [9.17, 15) is 0 Å². The van der Waals surface area contributed by atoms with Crippen LogP contribution in [-0.2, 0) is 10.8 Å². The van der Waals surface area contributed by atoms with Gasteiger partial charge in [0.2, 0.25) is 0 Å². The molecule has 0 spiro atoms. The minimum Gasteiger partial charge on any atom is -0.309 e. The lowest BCUT2D eigenvalue weighted by atomic mass is 9.81. The Morgan fingerprint density at radius 3 is 1.24 bits per heavy atom. The molecule has 11 rings (SSSR count). The molecule has 0 aliphatic heterocycles. The van der Waals surface area contributed by atoms with Crippen LogP contribution in [0.4, 0.5) is 0 Å². The van der Waals surface area contributed by atoms with Gasteiger partial charge in [0.15, 0.2) is 0 Å². The maximum atomic E-state index is 2.50. The molecule has 3 aromatic heterocycles. The topological polar surface area (TPSA) is 14.8 Å². The molecule has 0 aliphatic carbocycles. The molecular formula is C56H47N3. The van der Waals surface area contributed by atoms with Gasteiger partial charge in [-0.25, -0.2) is 0 Å². The second-order valence-corrected chi connectivity index (χ2v) is 18.2. The zero-order chi connectivity index (χ0) is 40.2. The fourth-order valence-electron chi connectivity index (χ4n) is 9.99. The molecule has 0 aliphatic rings. The van der Waals surface area contributed by atoms with Crippen LogP contribution < -0.4 is 0 Å². The zero-order valence-electron chi connectivity index (χ0n) is 34.6. The highest BCUT2D eigenvalue weighted by atomic mass is 15.0. The number of fused-ring (bicyclic) bond motifs is 9. The summed E-state index contributed by atoms with van der Waals surface area (Å²) < 4.78 is 7.42. The van der Waals surface area contributed by atoms with Gasteiger partial charge in [0.25, 0.3) is 0 Å². The molecule has 11 aromatic rings. The summed E-state index contributed by atoms with van der Waals surface area (Å²) in [5.41, 5.74) is 15.8. The average molecular weight is 762 g/mol. The van der Waals surface area contributed by atoms with Gasteiger partial charge in [-0.15, -0.1) is 0 Å². The van der Waals surface area contributed by atoms with Crippen LogP contribution in [0.15, 0.2) is 176 Å². The minimum absolute atomic E-state index is 0.00378. The Hall–Kier alpha value is -6.84. The van der Waals surface area contributed by atoms with E-state index in [1.165, 1.54) is 99.0 Å². The van der Waals surface area contributed by atoms with Gasteiger partial charge in [0.1, 0.15) is 0 Å². The van der Waals surface area contributed by atoms with Crippen molar-refractivity contribution in [2.45, 2.75) is 52.4 Å². The highest BCUT2D eigenvalue weighted by Gasteiger charge is 2.29. The third kappa shape index (κ3) is 5.34. The van der Waals surface area contributed by atoms with E-state index in [1.807, 2.05) is 0 Å². The summed E-state index contributed by atoms with van der Waals surface area (Å²) in [6, 6.07) is 65.0. The molecule has 59 heavy (non-hydrogen) atoms. The third-order valence-electron chi connectivity index (χ3n) is 12.4. The van der Waals surface area contributed by atoms with Gasteiger partial charge in [0.05, 0.1) is 33.1 Å². The van der Waals surface area contributed by atoms with Gasteiger partial charge in [-0.3, -0.25) is 0 Å². The lowest BCUT2D eigenvalue weighted by Gasteiger charge is -2.23. The van der Waals surface area contributed by atoms with Crippen LogP contribution in [0.2, 0.25) is 0 Å². The van der Waals surface area contributed by atoms with Crippen molar-refractivity contribution in [3.8, 4) is 28.2 Å². The molecule has 0 saturated carbocycles. The van der Waals surface area contributed by atoms with E-state index in [2.05, 4.69) is 231 Å². The molecule has 3 heterocycles. The van der Waals surface area contributed by atoms with E-state index in [4.69, 9.17) is 0 Å². The van der Waals surface area contributed by atoms with E-state index < -0.39 is 0 Å². The third-order valence-corrected chi connectivity index (χ3v) is 12.4. The fourth-order valence-corrected chi connectivity index (χ4v) is 9.99. The van der Waals surface area contributed by atoms with Gasteiger partial charge in [-0.05, 0) is 99.8 Å². The number of nitrogens with zero attached hydrogens (tertiary/aromatic N) is 3. The van der Waals surface area contributed by atoms with Crippen molar-refractivity contribution in [1.29, 1.82) is 0 Å². The molecule has 0 fully saturated rings. The standard InChI is InChI=1S/C56H47N3/c1-55(2,3)44-26-18-28-46-51(44)42-31-29-36(33-47(42)58(46)39-21-12-8-13-22-39)37-30-32-43-48(34-37)59(40-23-14-9-15-24-40)50-35-49-52(54(53(43)50)56(4,5)6)41-25-16-17-27-45(41)57(49)38-19-10-7-11-20-38/h7-35H,1-6H3. The van der Waals surface area contributed by atoms with Gasteiger partial charge in [-0.1, -0.05) is 151 Å². The first-order chi connectivity index (χ1) is 28.6.